The number of nitrogens with one attached hydrogen (secondary N) is 1. The molecule has 2 heterocycles. The minimum atomic E-state index is -0.339. The van der Waals surface area contributed by atoms with Gasteiger partial charge in [-0.15, -0.1) is 0 Å². The fraction of sp³-hybridized carbons (Fsp3) is 0.895. The van der Waals surface area contributed by atoms with Gasteiger partial charge in [0.25, 0.3) is 0 Å². The Labute approximate surface area is 147 Å². The molecule has 1 unspecified atom stereocenters. The molecule has 5 nitrogen and oxygen atoms in total. The molecule has 2 amide bonds. The highest BCUT2D eigenvalue weighted by Gasteiger charge is 2.60. The van der Waals surface area contributed by atoms with E-state index >= 15 is 0 Å². The standard InChI is InChI=1S/C19H35N3O2/c1-17(2,3)15(23)20-11-14-9-8-10-21(12-14)13-22-16(24)18(4,5)19(22,6)7/h14H,8-13H2,1-7H3,(H,20,23). The molecule has 24 heavy (non-hydrogen) atoms. The van der Waals surface area contributed by atoms with Gasteiger partial charge in [-0.3, -0.25) is 14.5 Å². The lowest BCUT2D eigenvalue weighted by Gasteiger charge is -2.61. The Morgan fingerprint density at radius 1 is 1.25 bits per heavy atom. The van der Waals surface area contributed by atoms with Crippen LogP contribution >= 0.6 is 0 Å². The maximum atomic E-state index is 12.4. The van der Waals surface area contributed by atoms with Crippen LogP contribution in [0, 0.1) is 16.7 Å². The van der Waals surface area contributed by atoms with Crippen molar-refractivity contribution in [3.05, 3.63) is 0 Å². The highest BCUT2D eigenvalue weighted by atomic mass is 16.2. The molecule has 2 fully saturated rings. The molecule has 0 aromatic heterocycles. The predicted octanol–water partition coefficient (Wildman–Crippen LogP) is 2.47. The van der Waals surface area contributed by atoms with Crippen molar-refractivity contribution >= 4 is 11.8 Å². The summed E-state index contributed by atoms with van der Waals surface area (Å²) in [5, 5.41) is 3.09. The van der Waals surface area contributed by atoms with Crippen LogP contribution in [0.5, 0.6) is 0 Å². The fourth-order valence-corrected chi connectivity index (χ4v) is 3.53. The molecule has 1 atom stereocenters. The minimum absolute atomic E-state index is 0.0997. The van der Waals surface area contributed by atoms with E-state index in [9.17, 15) is 9.59 Å². The van der Waals surface area contributed by atoms with Crippen molar-refractivity contribution < 1.29 is 9.59 Å². The summed E-state index contributed by atoms with van der Waals surface area (Å²) in [4.78, 5) is 28.8. The van der Waals surface area contributed by atoms with E-state index in [0.29, 0.717) is 12.6 Å². The molecule has 2 aliphatic rings. The van der Waals surface area contributed by atoms with Crippen LogP contribution in [-0.2, 0) is 9.59 Å². The lowest BCUT2D eigenvalue weighted by atomic mass is 9.64. The first-order chi connectivity index (χ1) is 10.9. The number of hydrogen-bond donors (Lipinski definition) is 1. The Morgan fingerprint density at radius 2 is 1.88 bits per heavy atom. The Balaban J connectivity index is 1.86. The molecule has 0 aliphatic carbocycles. The number of carbonyl (C=O) groups is 2. The number of carbonyl (C=O) groups excluding carboxylic acids is 2. The smallest absolute Gasteiger partial charge is 0.232 e. The Morgan fingerprint density at radius 3 is 2.42 bits per heavy atom. The molecule has 2 aliphatic heterocycles. The number of amides is 2. The third-order valence-corrected chi connectivity index (χ3v) is 6.16. The number of hydrogen-bond acceptors (Lipinski definition) is 3. The number of piperidine rings is 1. The summed E-state index contributed by atoms with van der Waals surface area (Å²) in [6.45, 7) is 17.6. The van der Waals surface area contributed by atoms with Crippen molar-refractivity contribution in [2.45, 2.75) is 66.8 Å². The van der Waals surface area contributed by atoms with E-state index in [4.69, 9.17) is 0 Å². The predicted molar refractivity (Wildman–Crippen MR) is 96.3 cm³/mol. The molecule has 0 spiro atoms. The third kappa shape index (κ3) is 3.46. The largest absolute Gasteiger partial charge is 0.355 e. The van der Waals surface area contributed by atoms with Gasteiger partial charge in [0.1, 0.15) is 0 Å². The average Bonchev–Trinajstić information content (AvgIpc) is 2.48. The fourth-order valence-electron chi connectivity index (χ4n) is 3.53. The van der Waals surface area contributed by atoms with Crippen LogP contribution in [0.2, 0.25) is 0 Å². The van der Waals surface area contributed by atoms with Gasteiger partial charge in [0.05, 0.1) is 17.6 Å². The zero-order valence-corrected chi connectivity index (χ0v) is 16.5. The van der Waals surface area contributed by atoms with Gasteiger partial charge in [0, 0.05) is 18.5 Å². The summed E-state index contributed by atoms with van der Waals surface area (Å²) in [5.74, 6) is 0.827. The Hall–Kier alpha value is -1.10. The molecule has 5 heteroatoms. The Bertz CT molecular complexity index is 505. The maximum absolute atomic E-state index is 12.4. The summed E-state index contributed by atoms with van der Waals surface area (Å²) in [6, 6.07) is 0. The van der Waals surface area contributed by atoms with E-state index in [2.05, 4.69) is 24.1 Å². The molecule has 138 valence electrons. The van der Waals surface area contributed by atoms with Gasteiger partial charge in [0.15, 0.2) is 0 Å². The molecule has 2 saturated heterocycles. The first kappa shape index (κ1) is 19.2. The van der Waals surface area contributed by atoms with Crippen LogP contribution in [0.4, 0.5) is 0 Å². The second-order valence-corrected chi connectivity index (χ2v) is 9.60. The van der Waals surface area contributed by atoms with Crippen LogP contribution in [0.15, 0.2) is 0 Å². The third-order valence-electron chi connectivity index (χ3n) is 6.16. The van der Waals surface area contributed by atoms with Crippen molar-refractivity contribution in [2.75, 3.05) is 26.3 Å². The molecular formula is C19H35N3O2. The molecule has 0 radical (unpaired) electrons. The van der Waals surface area contributed by atoms with Gasteiger partial charge in [-0.25, -0.2) is 0 Å². The van der Waals surface area contributed by atoms with E-state index in [1.807, 2.05) is 39.5 Å². The number of rotatable bonds is 4. The van der Waals surface area contributed by atoms with Crippen LogP contribution in [-0.4, -0.2) is 53.5 Å². The first-order valence-corrected chi connectivity index (χ1v) is 9.20. The number of nitrogens with zero attached hydrogens (tertiary/aromatic N) is 2. The topological polar surface area (TPSA) is 52.7 Å². The van der Waals surface area contributed by atoms with E-state index in [-0.39, 0.29) is 28.2 Å². The molecule has 0 aromatic carbocycles. The molecular weight excluding hydrogens is 302 g/mol. The van der Waals surface area contributed by atoms with Crippen molar-refractivity contribution in [3.63, 3.8) is 0 Å². The zero-order valence-electron chi connectivity index (χ0n) is 16.5. The number of β-lactam (4-membered cyclic amide) rings is 1. The normalized spacial score (nSPS) is 26.9. The summed E-state index contributed by atoms with van der Waals surface area (Å²) >= 11 is 0. The van der Waals surface area contributed by atoms with Gasteiger partial charge in [-0.1, -0.05) is 20.8 Å². The molecule has 2 rings (SSSR count). The van der Waals surface area contributed by atoms with Crippen molar-refractivity contribution in [2.24, 2.45) is 16.7 Å². The second kappa shape index (κ2) is 6.32. The van der Waals surface area contributed by atoms with Gasteiger partial charge in [-0.2, -0.15) is 0 Å². The highest BCUT2D eigenvalue weighted by molar-refractivity contribution is 5.90. The second-order valence-electron chi connectivity index (χ2n) is 9.60. The lowest BCUT2D eigenvalue weighted by Crippen LogP contribution is -2.74. The summed E-state index contributed by atoms with van der Waals surface area (Å²) < 4.78 is 0. The summed E-state index contributed by atoms with van der Waals surface area (Å²) in [5.41, 5.74) is -0.714. The maximum Gasteiger partial charge on any atom is 0.232 e. The first-order valence-electron chi connectivity index (χ1n) is 9.20. The molecule has 1 N–H and O–H groups in total. The van der Waals surface area contributed by atoms with E-state index in [0.717, 1.165) is 32.5 Å². The van der Waals surface area contributed by atoms with E-state index < -0.39 is 0 Å². The monoisotopic (exact) mass is 337 g/mol. The van der Waals surface area contributed by atoms with E-state index in [1.165, 1.54) is 0 Å². The minimum Gasteiger partial charge on any atom is -0.355 e. The van der Waals surface area contributed by atoms with Crippen LogP contribution in [0.25, 0.3) is 0 Å². The van der Waals surface area contributed by atoms with Gasteiger partial charge in [0.2, 0.25) is 11.8 Å². The molecule has 0 aromatic rings. The van der Waals surface area contributed by atoms with Crippen LogP contribution in [0.1, 0.15) is 61.3 Å². The SMILES string of the molecule is CC(C)(C)C(=O)NCC1CCCN(CN2C(=O)C(C)(C)C2(C)C)C1. The number of likely N-dealkylation sites (tertiary alicyclic amines) is 2. The van der Waals surface area contributed by atoms with Crippen molar-refractivity contribution in [1.29, 1.82) is 0 Å². The average molecular weight is 338 g/mol. The van der Waals surface area contributed by atoms with E-state index in [1.54, 1.807) is 0 Å². The molecule has 0 saturated carbocycles. The van der Waals surface area contributed by atoms with Crippen LogP contribution < -0.4 is 5.32 Å². The Kier molecular flexibility index (Phi) is 5.06. The quantitative estimate of drug-likeness (QED) is 0.802. The van der Waals surface area contributed by atoms with Gasteiger partial charge in [-0.05, 0) is 53.0 Å². The van der Waals surface area contributed by atoms with Crippen LogP contribution in [0.3, 0.4) is 0 Å². The highest BCUT2D eigenvalue weighted by Crippen LogP contribution is 2.47. The van der Waals surface area contributed by atoms with Crippen molar-refractivity contribution in [3.8, 4) is 0 Å². The van der Waals surface area contributed by atoms with Gasteiger partial charge < -0.3 is 10.2 Å². The lowest BCUT2D eigenvalue weighted by molar-refractivity contribution is -0.189. The summed E-state index contributed by atoms with van der Waals surface area (Å²) in [7, 11) is 0. The van der Waals surface area contributed by atoms with Gasteiger partial charge >= 0.3 is 0 Å². The summed E-state index contributed by atoms with van der Waals surface area (Å²) in [6.07, 6.45) is 2.27. The zero-order chi connectivity index (χ0) is 18.3. The van der Waals surface area contributed by atoms with Crippen molar-refractivity contribution in [1.82, 2.24) is 15.1 Å². The molecule has 0 bridgehead atoms.